The summed E-state index contributed by atoms with van der Waals surface area (Å²) in [6.07, 6.45) is 1.64. The fourth-order valence-electron chi connectivity index (χ4n) is 3.15. The number of carbonyl (C=O) groups is 1. The van der Waals surface area contributed by atoms with Crippen LogP contribution in [0.2, 0.25) is 0 Å². The van der Waals surface area contributed by atoms with Gasteiger partial charge in [-0.25, -0.2) is 13.5 Å². The highest BCUT2D eigenvalue weighted by atomic mass is 32.2. The lowest BCUT2D eigenvalue weighted by molar-refractivity contribution is -0.116. The molecule has 1 aromatic heterocycles. The maximum absolute atomic E-state index is 13.4. The number of amides is 1. The van der Waals surface area contributed by atoms with Gasteiger partial charge in [-0.2, -0.15) is 0 Å². The minimum atomic E-state index is -0.586. The van der Waals surface area contributed by atoms with Crippen molar-refractivity contribution in [2.75, 3.05) is 10.7 Å². The smallest absolute Gasteiger partial charge is 0.240 e. The highest BCUT2D eigenvalue weighted by molar-refractivity contribution is 8.00. The van der Waals surface area contributed by atoms with Gasteiger partial charge in [0.15, 0.2) is 5.82 Å². The number of anilines is 1. The molecule has 2 aromatic carbocycles. The SMILES string of the molecule is CCCc1nnc2n1N[C@H](c1ccc(F)cc1)[C@@H](C(=O)Nc1ccc(F)cc1)S2. The molecule has 0 unspecified atom stereocenters. The highest BCUT2D eigenvalue weighted by Gasteiger charge is 2.37. The number of rotatable bonds is 5. The predicted molar refractivity (Wildman–Crippen MR) is 107 cm³/mol. The first kappa shape index (κ1) is 19.4. The number of halogens is 2. The molecule has 0 bridgehead atoms. The van der Waals surface area contributed by atoms with Crippen molar-refractivity contribution in [3.8, 4) is 0 Å². The molecule has 1 aliphatic rings. The molecule has 0 saturated carbocycles. The van der Waals surface area contributed by atoms with Crippen molar-refractivity contribution < 1.29 is 13.6 Å². The Hall–Kier alpha value is -2.94. The number of nitrogens with zero attached hydrogens (tertiary/aromatic N) is 3. The standard InChI is InChI=1S/C20H19F2N5OS/c1-2-3-16-24-25-20-27(16)26-17(12-4-6-13(21)7-5-12)18(29-20)19(28)23-15-10-8-14(22)9-11-15/h4-11,17-18,26H,2-3H2,1H3,(H,23,28)/t17-,18+/m1/s1. The topological polar surface area (TPSA) is 71.8 Å². The molecular formula is C20H19F2N5OS. The van der Waals surface area contributed by atoms with Gasteiger partial charge in [-0.05, 0) is 48.4 Å². The molecule has 0 saturated heterocycles. The molecule has 2 atom stereocenters. The van der Waals surface area contributed by atoms with Crippen LogP contribution in [0.15, 0.2) is 53.7 Å². The van der Waals surface area contributed by atoms with Crippen molar-refractivity contribution in [1.82, 2.24) is 14.9 Å². The van der Waals surface area contributed by atoms with Gasteiger partial charge in [-0.1, -0.05) is 30.8 Å². The fraction of sp³-hybridized carbons (Fsp3) is 0.250. The summed E-state index contributed by atoms with van der Waals surface area (Å²) in [6, 6.07) is 11.2. The van der Waals surface area contributed by atoms with E-state index in [2.05, 4.69) is 20.9 Å². The Morgan fingerprint density at radius 1 is 1.10 bits per heavy atom. The van der Waals surface area contributed by atoms with Gasteiger partial charge in [-0.15, -0.1) is 10.2 Å². The zero-order valence-corrected chi connectivity index (χ0v) is 16.4. The molecular weight excluding hydrogens is 396 g/mol. The molecule has 2 N–H and O–H groups in total. The van der Waals surface area contributed by atoms with Crippen molar-refractivity contribution in [3.63, 3.8) is 0 Å². The molecule has 9 heteroatoms. The highest BCUT2D eigenvalue weighted by Crippen LogP contribution is 2.37. The Morgan fingerprint density at radius 3 is 2.41 bits per heavy atom. The molecule has 29 heavy (non-hydrogen) atoms. The summed E-state index contributed by atoms with van der Waals surface area (Å²) < 4.78 is 28.4. The van der Waals surface area contributed by atoms with Gasteiger partial charge < -0.3 is 10.7 Å². The Kier molecular flexibility index (Phi) is 5.48. The normalized spacial score (nSPS) is 18.0. The van der Waals surface area contributed by atoms with Crippen molar-refractivity contribution in [3.05, 3.63) is 71.6 Å². The number of nitrogens with one attached hydrogen (secondary N) is 2. The molecule has 0 spiro atoms. The first-order valence-corrected chi connectivity index (χ1v) is 10.1. The summed E-state index contributed by atoms with van der Waals surface area (Å²) in [4.78, 5) is 13.0. The van der Waals surface area contributed by atoms with Crippen molar-refractivity contribution in [1.29, 1.82) is 0 Å². The number of hydrogen-bond acceptors (Lipinski definition) is 5. The van der Waals surface area contributed by atoms with E-state index in [4.69, 9.17) is 0 Å². The number of fused-ring (bicyclic) bond motifs is 1. The molecule has 6 nitrogen and oxygen atoms in total. The van der Waals surface area contributed by atoms with Gasteiger partial charge in [0.1, 0.15) is 16.9 Å². The van der Waals surface area contributed by atoms with Gasteiger partial charge in [0.25, 0.3) is 0 Å². The van der Waals surface area contributed by atoms with Crippen LogP contribution in [0, 0.1) is 11.6 Å². The van der Waals surface area contributed by atoms with Crippen LogP contribution in [0.1, 0.15) is 30.8 Å². The van der Waals surface area contributed by atoms with Crippen LogP contribution in [0.25, 0.3) is 0 Å². The second-order valence-electron chi connectivity index (χ2n) is 6.68. The Bertz CT molecular complexity index is 1010. The molecule has 0 aliphatic carbocycles. The number of hydrogen-bond donors (Lipinski definition) is 2. The zero-order chi connectivity index (χ0) is 20.4. The second-order valence-corrected chi connectivity index (χ2v) is 7.79. The molecule has 150 valence electrons. The summed E-state index contributed by atoms with van der Waals surface area (Å²) >= 11 is 1.29. The Morgan fingerprint density at radius 2 is 1.76 bits per heavy atom. The zero-order valence-electron chi connectivity index (χ0n) is 15.6. The van der Waals surface area contributed by atoms with Crippen LogP contribution in [0.5, 0.6) is 0 Å². The van der Waals surface area contributed by atoms with Crippen LogP contribution in [-0.4, -0.2) is 26.0 Å². The maximum atomic E-state index is 13.4. The number of benzene rings is 2. The molecule has 0 fully saturated rings. The molecule has 1 aliphatic heterocycles. The molecule has 3 aromatic rings. The molecule has 0 radical (unpaired) electrons. The summed E-state index contributed by atoms with van der Waals surface area (Å²) in [7, 11) is 0. The minimum absolute atomic E-state index is 0.269. The summed E-state index contributed by atoms with van der Waals surface area (Å²) in [6.45, 7) is 2.05. The molecule has 4 rings (SSSR count). The summed E-state index contributed by atoms with van der Waals surface area (Å²) in [5.41, 5.74) is 4.58. The maximum Gasteiger partial charge on any atom is 0.240 e. The quantitative estimate of drug-likeness (QED) is 0.661. The van der Waals surface area contributed by atoms with Gasteiger partial charge >= 0.3 is 0 Å². The number of aromatic nitrogens is 3. The van der Waals surface area contributed by atoms with Crippen LogP contribution >= 0.6 is 11.8 Å². The van der Waals surface area contributed by atoms with E-state index in [0.717, 1.165) is 24.2 Å². The summed E-state index contributed by atoms with van der Waals surface area (Å²) in [5.74, 6) is -0.215. The third kappa shape index (κ3) is 4.09. The van der Waals surface area contributed by atoms with Crippen LogP contribution in [-0.2, 0) is 11.2 Å². The third-order valence-electron chi connectivity index (χ3n) is 4.58. The minimum Gasteiger partial charge on any atom is -0.325 e. The van der Waals surface area contributed by atoms with Gasteiger partial charge in [-0.3, -0.25) is 4.79 Å². The van der Waals surface area contributed by atoms with Crippen LogP contribution in [0.3, 0.4) is 0 Å². The van der Waals surface area contributed by atoms with Gasteiger partial charge in [0.2, 0.25) is 11.1 Å². The first-order valence-electron chi connectivity index (χ1n) is 9.24. The van der Waals surface area contributed by atoms with E-state index in [1.807, 2.05) is 6.92 Å². The van der Waals surface area contributed by atoms with E-state index in [0.29, 0.717) is 10.8 Å². The van der Waals surface area contributed by atoms with Gasteiger partial charge in [0, 0.05) is 12.1 Å². The Labute approximate surface area is 170 Å². The van der Waals surface area contributed by atoms with Crippen molar-refractivity contribution >= 4 is 23.4 Å². The van der Waals surface area contributed by atoms with Crippen LogP contribution < -0.4 is 10.7 Å². The lowest BCUT2D eigenvalue weighted by atomic mass is 10.0. The lowest BCUT2D eigenvalue weighted by Gasteiger charge is -2.33. The average molecular weight is 415 g/mol. The molecule has 2 heterocycles. The van der Waals surface area contributed by atoms with E-state index >= 15 is 0 Å². The average Bonchev–Trinajstić information content (AvgIpc) is 3.11. The number of carbonyl (C=O) groups excluding carboxylic acids is 1. The van der Waals surface area contributed by atoms with E-state index in [9.17, 15) is 13.6 Å². The first-order chi connectivity index (χ1) is 14.0. The van der Waals surface area contributed by atoms with Crippen molar-refractivity contribution in [2.24, 2.45) is 0 Å². The van der Waals surface area contributed by atoms with Crippen molar-refractivity contribution in [2.45, 2.75) is 36.2 Å². The van der Waals surface area contributed by atoms with Crippen LogP contribution in [0.4, 0.5) is 14.5 Å². The lowest BCUT2D eigenvalue weighted by Crippen LogP contribution is -2.41. The van der Waals surface area contributed by atoms with E-state index in [1.54, 1.807) is 16.8 Å². The Balaban J connectivity index is 1.65. The largest absolute Gasteiger partial charge is 0.325 e. The monoisotopic (exact) mass is 415 g/mol. The van der Waals surface area contributed by atoms with Gasteiger partial charge in [0.05, 0.1) is 6.04 Å². The van der Waals surface area contributed by atoms with E-state index < -0.39 is 11.3 Å². The molecule has 1 amide bonds. The summed E-state index contributed by atoms with van der Waals surface area (Å²) in [5, 5.41) is 11.2. The predicted octanol–water partition coefficient (Wildman–Crippen LogP) is 3.91. The fourth-order valence-corrected chi connectivity index (χ4v) is 4.25. The van der Waals surface area contributed by atoms with E-state index in [-0.39, 0.29) is 17.5 Å². The number of thioether (sulfide) groups is 1. The van der Waals surface area contributed by atoms with E-state index in [1.165, 1.54) is 48.2 Å². The second kappa shape index (κ2) is 8.20. The number of aryl methyl sites for hydroxylation is 1. The third-order valence-corrected chi connectivity index (χ3v) is 5.79.